The summed E-state index contributed by atoms with van der Waals surface area (Å²) in [6, 6.07) is 12.9. The SMILES string of the molecule is CCOCCn1c(=NC(=O)C2COc3ccccc3O2)sc2cccc(Cl)c21. The number of carbonyl (C=O) groups is 1. The van der Waals surface area contributed by atoms with Crippen molar-refractivity contribution in [3.8, 4) is 11.5 Å². The Hall–Kier alpha value is -2.35. The van der Waals surface area contributed by atoms with E-state index < -0.39 is 6.10 Å². The zero-order chi connectivity index (χ0) is 19.5. The minimum Gasteiger partial charge on any atom is -0.485 e. The van der Waals surface area contributed by atoms with Gasteiger partial charge in [0.25, 0.3) is 5.91 Å². The number of amides is 1. The highest BCUT2D eigenvalue weighted by Crippen LogP contribution is 2.31. The molecule has 0 bridgehead atoms. The molecule has 1 aliphatic rings. The molecule has 0 aliphatic carbocycles. The largest absolute Gasteiger partial charge is 0.485 e. The number of benzene rings is 2. The first-order valence-corrected chi connectivity index (χ1v) is 10.2. The fraction of sp³-hybridized carbons (Fsp3) is 0.300. The van der Waals surface area contributed by atoms with Gasteiger partial charge in [-0.15, -0.1) is 0 Å². The zero-order valence-electron chi connectivity index (χ0n) is 15.3. The van der Waals surface area contributed by atoms with Crippen LogP contribution in [0.4, 0.5) is 0 Å². The summed E-state index contributed by atoms with van der Waals surface area (Å²) in [5, 5.41) is 0.616. The van der Waals surface area contributed by atoms with Crippen LogP contribution in [0.1, 0.15) is 6.92 Å². The summed E-state index contributed by atoms with van der Waals surface area (Å²) in [5.74, 6) is 0.792. The molecule has 4 rings (SSSR count). The van der Waals surface area contributed by atoms with Crippen LogP contribution in [-0.4, -0.2) is 36.4 Å². The lowest BCUT2D eigenvalue weighted by Crippen LogP contribution is -2.37. The number of thiazole rings is 1. The Morgan fingerprint density at radius 1 is 1.29 bits per heavy atom. The average Bonchev–Trinajstić information content (AvgIpc) is 3.06. The maximum Gasteiger partial charge on any atom is 0.292 e. The number of nitrogens with zero attached hydrogens (tertiary/aromatic N) is 2. The van der Waals surface area contributed by atoms with Crippen molar-refractivity contribution in [3.63, 3.8) is 0 Å². The Kier molecular flexibility index (Phi) is 5.66. The van der Waals surface area contributed by atoms with Crippen LogP contribution in [0.2, 0.25) is 5.02 Å². The number of halogens is 1. The first-order valence-electron chi connectivity index (χ1n) is 9.00. The number of fused-ring (bicyclic) bond motifs is 2. The van der Waals surface area contributed by atoms with Crippen LogP contribution < -0.4 is 14.3 Å². The smallest absolute Gasteiger partial charge is 0.292 e. The highest BCUT2D eigenvalue weighted by molar-refractivity contribution is 7.16. The number of carbonyl (C=O) groups excluding carboxylic acids is 1. The molecule has 1 unspecified atom stereocenters. The van der Waals surface area contributed by atoms with E-state index in [1.54, 1.807) is 6.07 Å². The fourth-order valence-electron chi connectivity index (χ4n) is 2.99. The quantitative estimate of drug-likeness (QED) is 0.593. The number of ether oxygens (including phenoxy) is 3. The maximum absolute atomic E-state index is 12.8. The number of para-hydroxylation sites is 3. The Morgan fingerprint density at radius 2 is 2.11 bits per heavy atom. The lowest BCUT2D eigenvalue weighted by atomic mass is 10.2. The van der Waals surface area contributed by atoms with E-state index in [0.717, 1.165) is 10.2 Å². The van der Waals surface area contributed by atoms with Gasteiger partial charge in [0.05, 0.1) is 21.8 Å². The third-order valence-electron chi connectivity index (χ3n) is 4.31. The minimum atomic E-state index is -0.782. The third kappa shape index (κ3) is 3.78. The van der Waals surface area contributed by atoms with Crippen molar-refractivity contribution in [3.05, 3.63) is 52.3 Å². The molecule has 146 valence electrons. The number of hydrogen-bond acceptors (Lipinski definition) is 5. The van der Waals surface area contributed by atoms with Crippen LogP contribution in [-0.2, 0) is 16.1 Å². The van der Waals surface area contributed by atoms with Crippen LogP contribution in [0, 0.1) is 0 Å². The Labute approximate surface area is 170 Å². The van der Waals surface area contributed by atoms with Crippen molar-refractivity contribution >= 4 is 39.1 Å². The summed E-state index contributed by atoms with van der Waals surface area (Å²) in [4.78, 5) is 17.7. The van der Waals surface area contributed by atoms with Gasteiger partial charge in [0.1, 0.15) is 6.61 Å². The van der Waals surface area contributed by atoms with Gasteiger partial charge in [-0.25, -0.2) is 0 Å². The van der Waals surface area contributed by atoms with Crippen molar-refractivity contribution in [2.45, 2.75) is 19.6 Å². The second-order valence-electron chi connectivity index (χ2n) is 6.13. The van der Waals surface area contributed by atoms with E-state index in [1.807, 2.05) is 47.9 Å². The lowest BCUT2D eigenvalue weighted by molar-refractivity contribution is -0.127. The molecule has 2 heterocycles. The van der Waals surface area contributed by atoms with E-state index in [-0.39, 0.29) is 12.5 Å². The predicted molar refractivity (Wildman–Crippen MR) is 108 cm³/mol. The molecular formula is C20H19ClN2O4S. The average molecular weight is 419 g/mol. The molecule has 1 aromatic heterocycles. The Bertz CT molecular complexity index is 1080. The van der Waals surface area contributed by atoms with Crippen LogP contribution in [0.25, 0.3) is 10.2 Å². The number of hydrogen-bond donors (Lipinski definition) is 0. The van der Waals surface area contributed by atoms with Crippen LogP contribution in [0.5, 0.6) is 11.5 Å². The fourth-order valence-corrected chi connectivity index (χ4v) is 4.41. The van der Waals surface area contributed by atoms with E-state index in [1.165, 1.54) is 11.3 Å². The monoisotopic (exact) mass is 418 g/mol. The van der Waals surface area contributed by atoms with Gasteiger partial charge in [-0.1, -0.05) is 41.1 Å². The maximum atomic E-state index is 12.8. The second kappa shape index (κ2) is 8.34. The van der Waals surface area contributed by atoms with Gasteiger partial charge >= 0.3 is 0 Å². The van der Waals surface area contributed by atoms with Gasteiger partial charge in [0, 0.05) is 13.2 Å². The van der Waals surface area contributed by atoms with Gasteiger partial charge in [0.15, 0.2) is 16.3 Å². The molecule has 0 fully saturated rings. The van der Waals surface area contributed by atoms with Crippen molar-refractivity contribution in [1.82, 2.24) is 4.57 Å². The summed E-state index contributed by atoms with van der Waals surface area (Å²) >= 11 is 7.82. The Balaban J connectivity index is 1.68. The summed E-state index contributed by atoms with van der Waals surface area (Å²) in [6.07, 6.45) is -0.782. The standard InChI is InChI=1S/C20H19ClN2O4S/c1-2-25-11-10-23-18-13(21)6-5-9-17(18)28-20(23)22-19(24)16-12-26-14-7-3-4-8-15(14)27-16/h3-9,16H,2,10-12H2,1H3. The van der Waals surface area contributed by atoms with Crippen LogP contribution in [0.15, 0.2) is 47.5 Å². The number of aromatic nitrogens is 1. The molecule has 0 saturated heterocycles. The van der Waals surface area contributed by atoms with E-state index >= 15 is 0 Å². The zero-order valence-corrected chi connectivity index (χ0v) is 16.8. The molecule has 1 amide bonds. The van der Waals surface area contributed by atoms with Crippen molar-refractivity contribution in [2.75, 3.05) is 19.8 Å². The Morgan fingerprint density at radius 3 is 2.93 bits per heavy atom. The van der Waals surface area contributed by atoms with Crippen molar-refractivity contribution in [2.24, 2.45) is 4.99 Å². The third-order valence-corrected chi connectivity index (χ3v) is 5.65. The molecule has 0 N–H and O–H groups in total. The topological polar surface area (TPSA) is 62.1 Å². The molecule has 6 nitrogen and oxygen atoms in total. The van der Waals surface area contributed by atoms with Crippen molar-refractivity contribution in [1.29, 1.82) is 0 Å². The first-order chi connectivity index (χ1) is 13.7. The molecule has 0 radical (unpaired) electrons. The summed E-state index contributed by atoms with van der Waals surface area (Å²) in [5.41, 5.74) is 0.853. The first kappa shape index (κ1) is 19.0. The highest BCUT2D eigenvalue weighted by Gasteiger charge is 2.27. The molecule has 28 heavy (non-hydrogen) atoms. The highest BCUT2D eigenvalue weighted by atomic mass is 35.5. The minimum absolute atomic E-state index is 0.129. The van der Waals surface area contributed by atoms with Gasteiger partial charge in [-0.2, -0.15) is 4.99 Å². The van der Waals surface area contributed by atoms with Crippen LogP contribution >= 0.6 is 22.9 Å². The summed E-state index contributed by atoms with van der Waals surface area (Å²) < 4.78 is 19.8. The van der Waals surface area contributed by atoms with Gasteiger partial charge < -0.3 is 18.8 Å². The van der Waals surface area contributed by atoms with E-state index in [4.69, 9.17) is 25.8 Å². The number of rotatable bonds is 5. The van der Waals surface area contributed by atoms with Crippen LogP contribution in [0.3, 0.4) is 0 Å². The lowest BCUT2D eigenvalue weighted by Gasteiger charge is -2.23. The molecule has 2 aromatic carbocycles. The van der Waals surface area contributed by atoms with E-state index in [9.17, 15) is 4.79 Å². The van der Waals surface area contributed by atoms with E-state index in [0.29, 0.717) is 41.1 Å². The molecule has 1 atom stereocenters. The van der Waals surface area contributed by atoms with Gasteiger partial charge in [-0.3, -0.25) is 4.79 Å². The molecule has 8 heteroatoms. The molecule has 3 aromatic rings. The van der Waals surface area contributed by atoms with Gasteiger partial charge in [-0.05, 0) is 31.2 Å². The molecular weight excluding hydrogens is 400 g/mol. The predicted octanol–water partition coefficient (Wildman–Crippen LogP) is 3.66. The normalized spacial score (nSPS) is 16.5. The second-order valence-corrected chi connectivity index (χ2v) is 7.55. The molecule has 0 spiro atoms. The van der Waals surface area contributed by atoms with Gasteiger partial charge in [0.2, 0.25) is 6.10 Å². The summed E-state index contributed by atoms with van der Waals surface area (Å²) in [6.45, 7) is 3.74. The molecule has 1 aliphatic heterocycles. The van der Waals surface area contributed by atoms with Crippen molar-refractivity contribution < 1.29 is 19.0 Å². The summed E-state index contributed by atoms with van der Waals surface area (Å²) in [7, 11) is 0. The van der Waals surface area contributed by atoms with E-state index in [2.05, 4.69) is 4.99 Å². The molecule has 0 saturated carbocycles.